The van der Waals surface area contributed by atoms with E-state index in [1.165, 1.54) is 21.7 Å². The van der Waals surface area contributed by atoms with Gasteiger partial charge in [0, 0.05) is 42.8 Å². The van der Waals surface area contributed by atoms with Crippen LogP contribution in [0.5, 0.6) is 0 Å². The summed E-state index contributed by atoms with van der Waals surface area (Å²) in [6, 6.07) is 11.3. The summed E-state index contributed by atoms with van der Waals surface area (Å²) in [5, 5.41) is 5.23. The zero-order chi connectivity index (χ0) is 16.5. The van der Waals surface area contributed by atoms with Gasteiger partial charge in [0.25, 0.3) is 0 Å². The van der Waals surface area contributed by atoms with Crippen molar-refractivity contribution in [2.75, 3.05) is 24.5 Å². The molecule has 24 heavy (non-hydrogen) atoms. The van der Waals surface area contributed by atoms with E-state index < -0.39 is 0 Å². The summed E-state index contributed by atoms with van der Waals surface area (Å²) in [5.41, 5.74) is 4.04. The van der Waals surface area contributed by atoms with Crippen molar-refractivity contribution in [2.24, 2.45) is 0 Å². The van der Waals surface area contributed by atoms with Gasteiger partial charge in [-0.05, 0) is 48.4 Å². The molecule has 1 N–H and O–H groups in total. The number of fused-ring (bicyclic) bond motifs is 2. The third-order valence-corrected chi connectivity index (χ3v) is 6.10. The number of anilines is 1. The van der Waals surface area contributed by atoms with Gasteiger partial charge < -0.3 is 15.1 Å². The lowest BCUT2D eigenvalue weighted by molar-refractivity contribution is 0.193. The minimum Gasteiger partial charge on any atom is -0.367 e. The Labute approximate surface area is 147 Å². The zero-order valence-corrected chi connectivity index (χ0v) is 14.8. The van der Waals surface area contributed by atoms with Gasteiger partial charge in [0.05, 0.1) is 0 Å². The van der Waals surface area contributed by atoms with Crippen LogP contribution in [0.15, 0.2) is 35.7 Å². The van der Waals surface area contributed by atoms with E-state index in [4.69, 9.17) is 0 Å². The van der Waals surface area contributed by atoms with Crippen LogP contribution < -0.4 is 10.2 Å². The molecule has 1 unspecified atom stereocenters. The van der Waals surface area contributed by atoms with Crippen molar-refractivity contribution in [1.82, 2.24) is 10.2 Å². The molecule has 2 amide bonds. The molecule has 0 bridgehead atoms. The van der Waals surface area contributed by atoms with E-state index >= 15 is 0 Å². The van der Waals surface area contributed by atoms with Gasteiger partial charge >= 0.3 is 6.03 Å². The molecular formula is C19H23N3OS. The molecule has 0 saturated carbocycles. The van der Waals surface area contributed by atoms with Crippen LogP contribution in [0.3, 0.4) is 0 Å². The second kappa shape index (κ2) is 6.48. The molecule has 1 aromatic carbocycles. The zero-order valence-electron chi connectivity index (χ0n) is 14.0. The highest BCUT2D eigenvalue weighted by Crippen LogP contribution is 2.31. The highest BCUT2D eigenvalue weighted by Gasteiger charge is 2.25. The molecule has 3 heterocycles. The maximum absolute atomic E-state index is 12.4. The van der Waals surface area contributed by atoms with Gasteiger partial charge in [-0.15, -0.1) is 11.3 Å². The molecule has 1 aromatic heterocycles. The highest BCUT2D eigenvalue weighted by atomic mass is 32.1. The molecule has 126 valence electrons. The predicted molar refractivity (Wildman–Crippen MR) is 98.8 cm³/mol. The van der Waals surface area contributed by atoms with Crippen LogP contribution >= 0.6 is 11.3 Å². The Morgan fingerprint density at radius 1 is 1.29 bits per heavy atom. The van der Waals surface area contributed by atoms with Crippen LogP contribution in [0.2, 0.25) is 0 Å². The third kappa shape index (κ3) is 2.88. The van der Waals surface area contributed by atoms with Crippen LogP contribution in [-0.4, -0.2) is 36.6 Å². The number of rotatable bonds is 3. The molecular weight excluding hydrogens is 318 g/mol. The second-order valence-electron chi connectivity index (χ2n) is 6.65. The molecule has 0 aliphatic carbocycles. The van der Waals surface area contributed by atoms with Crippen molar-refractivity contribution in [1.29, 1.82) is 0 Å². The number of amides is 2. The van der Waals surface area contributed by atoms with Gasteiger partial charge in [0.1, 0.15) is 0 Å². The van der Waals surface area contributed by atoms with Crippen LogP contribution in [0.1, 0.15) is 22.9 Å². The quantitative estimate of drug-likeness (QED) is 0.930. The number of thiophene rings is 1. The minimum absolute atomic E-state index is 0.0620. The van der Waals surface area contributed by atoms with Gasteiger partial charge in [-0.3, -0.25) is 0 Å². The first-order chi connectivity index (χ1) is 11.7. The number of carbonyl (C=O) groups excluding carboxylic acids is 1. The van der Waals surface area contributed by atoms with E-state index in [9.17, 15) is 4.79 Å². The van der Waals surface area contributed by atoms with E-state index in [-0.39, 0.29) is 6.03 Å². The largest absolute Gasteiger partial charge is 0.367 e. The Hall–Kier alpha value is -2.01. The van der Waals surface area contributed by atoms with Crippen LogP contribution in [0.25, 0.3) is 0 Å². The maximum Gasteiger partial charge on any atom is 0.317 e. The number of benzene rings is 1. The molecule has 0 saturated heterocycles. The number of para-hydroxylation sites is 1. The van der Waals surface area contributed by atoms with Crippen LogP contribution in [0.4, 0.5) is 10.5 Å². The van der Waals surface area contributed by atoms with Crippen molar-refractivity contribution in [3.05, 3.63) is 51.7 Å². The summed E-state index contributed by atoms with van der Waals surface area (Å²) >= 11 is 1.80. The minimum atomic E-state index is 0.0620. The summed E-state index contributed by atoms with van der Waals surface area (Å²) in [5.74, 6) is 0. The molecule has 0 radical (unpaired) electrons. The topological polar surface area (TPSA) is 35.6 Å². The molecule has 1 atom stereocenters. The SMILES string of the molecule is CC1Cc2ccccc2N1CCNC(=O)N1CCc2sccc2C1. The molecule has 0 fully saturated rings. The Morgan fingerprint density at radius 3 is 3.08 bits per heavy atom. The van der Waals surface area contributed by atoms with E-state index in [1.54, 1.807) is 11.3 Å². The maximum atomic E-state index is 12.4. The second-order valence-corrected chi connectivity index (χ2v) is 7.65. The summed E-state index contributed by atoms with van der Waals surface area (Å²) in [4.78, 5) is 18.2. The lowest BCUT2D eigenvalue weighted by Crippen LogP contribution is -2.45. The summed E-state index contributed by atoms with van der Waals surface area (Å²) in [6.07, 6.45) is 2.08. The Bertz CT molecular complexity index is 742. The number of hydrogen-bond donors (Lipinski definition) is 1. The summed E-state index contributed by atoms with van der Waals surface area (Å²) in [7, 11) is 0. The van der Waals surface area contributed by atoms with E-state index in [0.29, 0.717) is 12.6 Å². The lowest BCUT2D eigenvalue weighted by Gasteiger charge is -2.29. The van der Waals surface area contributed by atoms with Gasteiger partial charge in [-0.25, -0.2) is 4.79 Å². The number of nitrogens with zero attached hydrogens (tertiary/aromatic N) is 2. The van der Waals surface area contributed by atoms with Gasteiger partial charge in [-0.1, -0.05) is 18.2 Å². The molecule has 5 heteroatoms. The fourth-order valence-electron chi connectivity index (χ4n) is 3.79. The highest BCUT2D eigenvalue weighted by molar-refractivity contribution is 7.10. The summed E-state index contributed by atoms with van der Waals surface area (Å²) < 4.78 is 0. The Kier molecular flexibility index (Phi) is 4.19. The van der Waals surface area contributed by atoms with Crippen molar-refractivity contribution in [3.63, 3.8) is 0 Å². The lowest BCUT2D eigenvalue weighted by atomic mass is 10.1. The number of nitrogens with one attached hydrogen (secondary N) is 1. The average Bonchev–Trinajstić information content (AvgIpc) is 3.18. The van der Waals surface area contributed by atoms with E-state index in [2.05, 4.69) is 52.9 Å². The predicted octanol–water partition coefficient (Wildman–Crippen LogP) is 3.27. The molecule has 2 aliphatic heterocycles. The van der Waals surface area contributed by atoms with Gasteiger partial charge in [0.2, 0.25) is 0 Å². The fourth-order valence-corrected chi connectivity index (χ4v) is 4.68. The molecule has 0 spiro atoms. The normalized spacial score (nSPS) is 19.1. The number of urea groups is 1. The third-order valence-electron chi connectivity index (χ3n) is 5.07. The fraction of sp³-hybridized carbons (Fsp3) is 0.421. The molecule has 2 aromatic rings. The number of carbonyl (C=O) groups is 1. The monoisotopic (exact) mass is 341 g/mol. The van der Waals surface area contributed by atoms with Gasteiger partial charge in [-0.2, -0.15) is 0 Å². The Morgan fingerprint density at radius 2 is 2.17 bits per heavy atom. The smallest absolute Gasteiger partial charge is 0.317 e. The first kappa shape index (κ1) is 15.5. The van der Waals surface area contributed by atoms with Crippen molar-refractivity contribution in [2.45, 2.75) is 32.4 Å². The standard InChI is InChI=1S/C19H23N3OS/c1-14-12-15-4-2-3-5-17(15)22(14)10-8-20-19(23)21-9-6-18-16(13-21)7-11-24-18/h2-5,7,11,14H,6,8-10,12-13H2,1H3,(H,20,23). The van der Waals surface area contributed by atoms with Crippen molar-refractivity contribution in [3.8, 4) is 0 Å². The van der Waals surface area contributed by atoms with Crippen LogP contribution in [-0.2, 0) is 19.4 Å². The van der Waals surface area contributed by atoms with E-state index in [0.717, 1.165) is 32.5 Å². The first-order valence-electron chi connectivity index (χ1n) is 8.65. The first-order valence-corrected chi connectivity index (χ1v) is 9.53. The van der Waals surface area contributed by atoms with Crippen molar-refractivity contribution < 1.29 is 4.79 Å². The number of hydrogen-bond acceptors (Lipinski definition) is 3. The average molecular weight is 341 g/mol. The Balaban J connectivity index is 1.31. The van der Waals surface area contributed by atoms with Gasteiger partial charge in [0.15, 0.2) is 0 Å². The molecule has 4 nitrogen and oxygen atoms in total. The molecule has 4 rings (SSSR count). The van der Waals surface area contributed by atoms with E-state index in [1.807, 2.05) is 4.90 Å². The van der Waals surface area contributed by atoms with Crippen LogP contribution in [0, 0.1) is 0 Å². The summed E-state index contributed by atoms with van der Waals surface area (Å²) in [6.45, 7) is 5.37. The molecule has 2 aliphatic rings. The van der Waals surface area contributed by atoms with Crippen molar-refractivity contribution >= 4 is 23.1 Å².